The number of hydrogen-bond donors (Lipinski definition) is 1. The summed E-state index contributed by atoms with van der Waals surface area (Å²) in [4.78, 5) is 12.3. The number of carbonyl (C=O) groups is 1. The largest absolute Gasteiger partial charge is 0.322 e. The molecule has 0 aliphatic heterocycles. The highest BCUT2D eigenvalue weighted by atomic mass is 35.5. The van der Waals surface area contributed by atoms with E-state index in [0.717, 1.165) is 0 Å². The third kappa shape index (κ3) is 4.14. The molecule has 0 radical (unpaired) electrons. The van der Waals surface area contributed by atoms with Crippen LogP contribution in [0.25, 0.3) is 0 Å². The van der Waals surface area contributed by atoms with Gasteiger partial charge in [-0.05, 0) is 62.4 Å². The number of carbonyl (C=O) groups excluding carboxylic acids is 1. The molecule has 24 heavy (non-hydrogen) atoms. The lowest BCUT2D eigenvalue weighted by molar-refractivity contribution is 0.102. The topological polar surface area (TPSA) is 66.5 Å². The predicted octanol–water partition coefficient (Wildman–Crippen LogP) is 3.62. The molecule has 0 saturated carbocycles. The predicted molar refractivity (Wildman–Crippen MR) is 95.9 cm³/mol. The van der Waals surface area contributed by atoms with Crippen molar-refractivity contribution in [1.82, 2.24) is 4.31 Å². The van der Waals surface area contributed by atoms with Gasteiger partial charge in [0, 0.05) is 29.4 Å². The Bertz CT molecular complexity index is 816. The lowest BCUT2D eigenvalue weighted by Gasteiger charge is -2.21. The van der Waals surface area contributed by atoms with Gasteiger partial charge in [0.15, 0.2) is 0 Å². The molecular weight excluding hydrogens is 348 g/mol. The van der Waals surface area contributed by atoms with E-state index >= 15 is 0 Å². The lowest BCUT2D eigenvalue weighted by atomic mass is 10.2. The van der Waals surface area contributed by atoms with Crippen LogP contribution in [0.3, 0.4) is 0 Å². The van der Waals surface area contributed by atoms with E-state index in [4.69, 9.17) is 11.6 Å². The maximum Gasteiger partial charge on any atom is 0.255 e. The fourth-order valence-corrected chi connectivity index (χ4v) is 3.45. The van der Waals surface area contributed by atoms with Crippen molar-refractivity contribution in [2.75, 3.05) is 12.4 Å². The third-order valence-electron chi connectivity index (χ3n) is 3.62. The number of rotatable bonds is 5. The Morgan fingerprint density at radius 3 is 2.08 bits per heavy atom. The summed E-state index contributed by atoms with van der Waals surface area (Å²) in [7, 11) is -2.00. The van der Waals surface area contributed by atoms with Crippen molar-refractivity contribution in [1.29, 1.82) is 0 Å². The van der Waals surface area contributed by atoms with Gasteiger partial charge in [-0.3, -0.25) is 4.79 Å². The molecule has 0 aromatic heterocycles. The van der Waals surface area contributed by atoms with Crippen LogP contribution in [0, 0.1) is 0 Å². The number of hydrogen-bond acceptors (Lipinski definition) is 3. The van der Waals surface area contributed by atoms with Gasteiger partial charge in [-0.25, -0.2) is 8.42 Å². The number of anilines is 1. The smallest absolute Gasteiger partial charge is 0.255 e. The van der Waals surface area contributed by atoms with Gasteiger partial charge in [-0.2, -0.15) is 4.31 Å². The maximum atomic E-state index is 12.4. The lowest BCUT2D eigenvalue weighted by Crippen LogP contribution is -2.33. The Kier molecular flexibility index (Phi) is 5.64. The van der Waals surface area contributed by atoms with Crippen LogP contribution in [0.15, 0.2) is 53.4 Å². The van der Waals surface area contributed by atoms with Crippen LogP contribution < -0.4 is 5.32 Å². The minimum atomic E-state index is -3.53. The van der Waals surface area contributed by atoms with Crippen LogP contribution in [0.5, 0.6) is 0 Å². The van der Waals surface area contributed by atoms with Crippen molar-refractivity contribution in [2.45, 2.75) is 24.8 Å². The Balaban J connectivity index is 2.15. The van der Waals surface area contributed by atoms with Crippen molar-refractivity contribution in [3.63, 3.8) is 0 Å². The minimum Gasteiger partial charge on any atom is -0.322 e. The highest BCUT2D eigenvalue weighted by Gasteiger charge is 2.22. The quantitative estimate of drug-likeness (QED) is 0.878. The summed E-state index contributed by atoms with van der Waals surface area (Å²) < 4.78 is 26.1. The molecule has 2 aromatic carbocycles. The van der Waals surface area contributed by atoms with Crippen LogP contribution in [0.4, 0.5) is 5.69 Å². The molecule has 0 heterocycles. The molecule has 2 rings (SSSR count). The van der Waals surface area contributed by atoms with E-state index in [-0.39, 0.29) is 16.8 Å². The molecule has 0 unspecified atom stereocenters. The van der Waals surface area contributed by atoms with Crippen molar-refractivity contribution < 1.29 is 13.2 Å². The van der Waals surface area contributed by atoms with Gasteiger partial charge in [-0.1, -0.05) is 11.6 Å². The number of nitrogens with one attached hydrogen (secondary N) is 1. The zero-order chi connectivity index (χ0) is 17.9. The van der Waals surface area contributed by atoms with E-state index in [1.165, 1.54) is 23.5 Å². The summed E-state index contributed by atoms with van der Waals surface area (Å²) >= 11 is 5.79. The average Bonchev–Trinajstić information content (AvgIpc) is 2.55. The van der Waals surface area contributed by atoms with E-state index in [9.17, 15) is 13.2 Å². The number of halogens is 1. The Morgan fingerprint density at radius 2 is 1.58 bits per heavy atom. The Labute approximate surface area is 147 Å². The van der Waals surface area contributed by atoms with Gasteiger partial charge >= 0.3 is 0 Å². The van der Waals surface area contributed by atoms with E-state index in [1.54, 1.807) is 50.2 Å². The molecule has 2 aromatic rings. The van der Waals surface area contributed by atoms with Crippen molar-refractivity contribution in [2.24, 2.45) is 0 Å². The van der Waals surface area contributed by atoms with Gasteiger partial charge in [0.05, 0.1) is 4.90 Å². The van der Waals surface area contributed by atoms with Crippen LogP contribution in [0.2, 0.25) is 5.02 Å². The van der Waals surface area contributed by atoms with Gasteiger partial charge in [-0.15, -0.1) is 0 Å². The second-order valence-corrected chi connectivity index (χ2v) is 8.03. The van der Waals surface area contributed by atoms with Crippen LogP contribution in [-0.4, -0.2) is 31.7 Å². The zero-order valence-electron chi connectivity index (χ0n) is 13.7. The molecule has 7 heteroatoms. The second kappa shape index (κ2) is 7.34. The average molecular weight is 367 g/mol. The van der Waals surface area contributed by atoms with E-state index < -0.39 is 10.0 Å². The van der Waals surface area contributed by atoms with Gasteiger partial charge in [0.1, 0.15) is 0 Å². The van der Waals surface area contributed by atoms with Gasteiger partial charge in [0.25, 0.3) is 5.91 Å². The highest BCUT2D eigenvalue weighted by Crippen LogP contribution is 2.19. The normalized spacial score (nSPS) is 11.8. The summed E-state index contributed by atoms with van der Waals surface area (Å²) in [6.45, 7) is 3.61. The molecule has 0 aliphatic rings. The molecule has 0 fully saturated rings. The first-order valence-corrected chi connectivity index (χ1v) is 9.18. The molecule has 0 bridgehead atoms. The molecule has 0 aliphatic carbocycles. The van der Waals surface area contributed by atoms with Crippen molar-refractivity contribution >= 4 is 33.2 Å². The molecule has 0 spiro atoms. The van der Waals surface area contributed by atoms with Crippen LogP contribution in [0.1, 0.15) is 24.2 Å². The molecule has 0 atom stereocenters. The van der Waals surface area contributed by atoms with Gasteiger partial charge in [0.2, 0.25) is 10.0 Å². The molecule has 5 nitrogen and oxygen atoms in total. The van der Waals surface area contributed by atoms with E-state index in [0.29, 0.717) is 16.3 Å². The Morgan fingerprint density at radius 1 is 1.04 bits per heavy atom. The number of nitrogens with zero attached hydrogens (tertiary/aromatic N) is 1. The van der Waals surface area contributed by atoms with Crippen molar-refractivity contribution in [3.05, 3.63) is 59.1 Å². The van der Waals surface area contributed by atoms with Crippen LogP contribution in [-0.2, 0) is 10.0 Å². The number of sulfonamides is 1. The van der Waals surface area contributed by atoms with Crippen LogP contribution >= 0.6 is 11.6 Å². The summed E-state index contributed by atoms with van der Waals surface area (Å²) in [6.07, 6.45) is 0. The van der Waals surface area contributed by atoms with Gasteiger partial charge < -0.3 is 5.32 Å². The fraction of sp³-hybridized carbons (Fsp3) is 0.235. The summed E-state index contributed by atoms with van der Waals surface area (Å²) in [5, 5.41) is 3.27. The summed E-state index contributed by atoms with van der Waals surface area (Å²) in [6, 6.07) is 12.4. The minimum absolute atomic E-state index is 0.140. The summed E-state index contributed by atoms with van der Waals surface area (Å²) in [5.74, 6) is -0.290. The molecule has 0 saturated heterocycles. The number of amides is 1. The first-order valence-electron chi connectivity index (χ1n) is 7.37. The molecule has 1 amide bonds. The highest BCUT2D eigenvalue weighted by molar-refractivity contribution is 7.89. The second-order valence-electron chi connectivity index (χ2n) is 5.60. The number of benzene rings is 2. The van der Waals surface area contributed by atoms with Crippen molar-refractivity contribution in [3.8, 4) is 0 Å². The fourth-order valence-electron chi connectivity index (χ4n) is 1.96. The summed E-state index contributed by atoms with van der Waals surface area (Å²) in [5.41, 5.74) is 0.983. The SMILES string of the molecule is CC(C)N(C)S(=O)(=O)c1ccc(NC(=O)c2ccc(Cl)cc2)cc1. The molecule has 1 N–H and O–H groups in total. The van der Waals surface area contributed by atoms with E-state index in [1.807, 2.05) is 0 Å². The van der Waals surface area contributed by atoms with E-state index in [2.05, 4.69) is 5.32 Å². The monoisotopic (exact) mass is 366 g/mol. The molecule has 128 valence electrons. The first kappa shape index (κ1) is 18.4. The standard InChI is InChI=1S/C17H19ClN2O3S/c1-12(2)20(3)24(22,23)16-10-8-15(9-11-16)19-17(21)13-4-6-14(18)7-5-13/h4-12H,1-3H3,(H,19,21). The zero-order valence-corrected chi connectivity index (χ0v) is 15.2. The first-order chi connectivity index (χ1) is 11.2. The third-order valence-corrected chi connectivity index (χ3v) is 5.92. The molecular formula is C17H19ClN2O3S. The maximum absolute atomic E-state index is 12.4. The Hall–Kier alpha value is -1.89.